The van der Waals surface area contributed by atoms with Crippen LogP contribution in [0.5, 0.6) is 0 Å². The van der Waals surface area contributed by atoms with Gasteiger partial charge in [0.15, 0.2) is 5.78 Å². The Labute approximate surface area is 113 Å². The van der Waals surface area contributed by atoms with E-state index in [1.165, 1.54) is 4.90 Å². The van der Waals surface area contributed by atoms with Crippen molar-refractivity contribution >= 4 is 11.9 Å². The van der Waals surface area contributed by atoms with E-state index in [0.29, 0.717) is 5.92 Å². The molecule has 19 heavy (non-hydrogen) atoms. The Morgan fingerprint density at radius 1 is 1.47 bits per heavy atom. The van der Waals surface area contributed by atoms with Gasteiger partial charge in [-0.05, 0) is 51.2 Å². The Hall–Kier alpha value is -1.36. The largest absolute Gasteiger partial charge is 0.444 e. The van der Waals surface area contributed by atoms with Gasteiger partial charge in [-0.15, -0.1) is 0 Å². The fourth-order valence-electron chi connectivity index (χ4n) is 2.31. The zero-order chi connectivity index (χ0) is 14.2. The number of rotatable bonds is 2. The summed E-state index contributed by atoms with van der Waals surface area (Å²) in [5.41, 5.74) is 0.269. The van der Waals surface area contributed by atoms with E-state index in [4.69, 9.17) is 4.74 Å². The normalized spacial score (nSPS) is 24.2. The summed E-state index contributed by atoms with van der Waals surface area (Å²) >= 11 is 0. The van der Waals surface area contributed by atoms with Crippen LogP contribution in [-0.4, -0.2) is 46.7 Å². The van der Waals surface area contributed by atoms with Gasteiger partial charge in [0.05, 0.1) is 19.2 Å². The number of hydrogen-bond acceptors (Lipinski definition) is 4. The minimum Gasteiger partial charge on any atom is -0.444 e. The van der Waals surface area contributed by atoms with Crippen LogP contribution in [0.15, 0.2) is 11.6 Å². The predicted octanol–water partition coefficient (Wildman–Crippen LogP) is 1.50. The topological polar surface area (TPSA) is 66.8 Å². The van der Waals surface area contributed by atoms with Crippen LogP contribution < -0.4 is 0 Å². The lowest BCUT2D eigenvalue weighted by molar-refractivity contribution is -0.117. The maximum Gasteiger partial charge on any atom is 0.411 e. The molecule has 5 nitrogen and oxygen atoms in total. The summed E-state index contributed by atoms with van der Waals surface area (Å²) in [6.45, 7) is 5.15. The molecule has 2 rings (SSSR count). The maximum atomic E-state index is 12.1. The van der Waals surface area contributed by atoms with Crippen LogP contribution in [-0.2, 0) is 9.53 Å². The van der Waals surface area contributed by atoms with Gasteiger partial charge in [-0.25, -0.2) is 4.79 Å². The van der Waals surface area contributed by atoms with E-state index in [1.807, 2.05) is 0 Å². The quantitative estimate of drug-likeness (QED) is 0.823. The minimum atomic E-state index is -0.610. The second-order valence-corrected chi connectivity index (χ2v) is 6.19. The lowest BCUT2D eigenvalue weighted by atomic mass is 9.96. The number of aliphatic hydroxyl groups is 1. The molecule has 0 unspecified atom stereocenters. The molecule has 0 radical (unpaired) electrons. The zero-order valence-electron chi connectivity index (χ0n) is 11.7. The molecule has 1 amide bonds. The molecule has 0 aromatic rings. The number of hydrogen-bond donors (Lipinski definition) is 1. The van der Waals surface area contributed by atoms with Crippen molar-refractivity contribution in [2.24, 2.45) is 5.92 Å². The Balaban J connectivity index is 2.17. The van der Waals surface area contributed by atoms with Gasteiger partial charge in [0.1, 0.15) is 5.60 Å². The molecule has 1 N–H and O–H groups in total. The van der Waals surface area contributed by atoms with E-state index in [1.54, 1.807) is 26.8 Å². The van der Waals surface area contributed by atoms with E-state index in [9.17, 15) is 14.7 Å². The third-order valence-corrected chi connectivity index (χ3v) is 3.26. The van der Waals surface area contributed by atoms with Crippen molar-refractivity contribution in [1.82, 2.24) is 4.90 Å². The average molecular weight is 267 g/mol. The first-order valence-corrected chi connectivity index (χ1v) is 6.66. The molecule has 0 saturated heterocycles. The van der Waals surface area contributed by atoms with Gasteiger partial charge < -0.3 is 9.84 Å². The number of ketones is 1. The van der Waals surface area contributed by atoms with Crippen molar-refractivity contribution < 1.29 is 19.4 Å². The molecule has 1 fully saturated rings. The van der Waals surface area contributed by atoms with E-state index >= 15 is 0 Å². The molecule has 1 aliphatic carbocycles. The van der Waals surface area contributed by atoms with Crippen molar-refractivity contribution in [3.8, 4) is 0 Å². The fraction of sp³-hybridized carbons (Fsp3) is 0.714. The Morgan fingerprint density at radius 3 is 2.58 bits per heavy atom. The first-order chi connectivity index (χ1) is 8.81. The molecular formula is C14H21NO4. The summed E-state index contributed by atoms with van der Waals surface area (Å²) in [4.78, 5) is 25.2. The molecule has 1 saturated carbocycles. The van der Waals surface area contributed by atoms with Gasteiger partial charge >= 0.3 is 6.09 Å². The van der Waals surface area contributed by atoms with Crippen LogP contribution in [0.1, 0.15) is 33.6 Å². The minimum absolute atomic E-state index is 0.0175. The molecule has 1 heterocycles. The smallest absolute Gasteiger partial charge is 0.411 e. The second kappa shape index (κ2) is 4.96. The van der Waals surface area contributed by atoms with Crippen molar-refractivity contribution in [1.29, 1.82) is 0 Å². The highest BCUT2D eigenvalue weighted by molar-refractivity contribution is 5.95. The fourth-order valence-corrected chi connectivity index (χ4v) is 2.31. The van der Waals surface area contributed by atoms with Crippen LogP contribution in [0.4, 0.5) is 4.79 Å². The highest BCUT2D eigenvalue weighted by Crippen LogP contribution is 2.40. The SMILES string of the molecule is CC(C)(C)OC(=O)N1CC(=O)C=C(C2CC2)[C@H]1CO. The number of nitrogens with zero attached hydrogens (tertiary/aromatic N) is 1. The molecule has 5 heteroatoms. The van der Waals surface area contributed by atoms with E-state index in [2.05, 4.69) is 0 Å². The van der Waals surface area contributed by atoms with Crippen LogP contribution in [0.25, 0.3) is 0 Å². The van der Waals surface area contributed by atoms with E-state index in [0.717, 1.165) is 18.4 Å². The van der Waals surface area contributed by atoms with Crippen LogP contribution >= 0.6 is 0 Å². The second-order valence-electron chi connectivity index (χ2n) is 6.19. The van der Waals surface area contributed by atoms with Crippen molar-refractivity contribution in [2.45, 2.75) is 45.3 Å². The van der Waals surface area contributed by atoms with Gasteiger partial charge in [0, 0.05) is 0 Å². The van der Waals surface area contributed by atoms with Crippen LogP contribution in [0.3, 0.4) is 0 Å². The van der Waals surface area contributed by atoms with Gasteiger partial charge in [0.2, 0.25) is 0 Å². The van der Waals surface area contributed by atoms with E-state index in [-0.39, 0.29) is 18.9 Å². The summed E-state index contributed by atoms with van der Waals surface area (Å²) in [6, 6.07) is -0.417. The third kappa shape index (κ3) is 3.35. The molecule has 2 aliphatic rings. The van der Waals surface area contributed by atoms with Crippen LogP contribution in [0.2, 0.25) is 0 Å². The predicted molar refractivity (Wildman–Crippen MR) is 69.6 cm³/mol. The Kier molecular flexibility index (Phi) is 3.67. The first-order valence-electron chi connectivity index (χ1n) is 6.66. The number of aliphatic hydroxyl groups excluding tert-OH is 1. The molecule has 106 valence electrons. The third-order valence-electron chi connectivity index (χ3n) is 3.26. The van der Waals surface area contributed by atoms with Gasteiger partial charge in [-0.2, -0.15) is 0 Å². The molecule has 0 spiro atoms. The first kappa shape index (κ1) is 14.1. The van der Waals surface area contributed by atoms with Gasteiger partial charge in [-0.1, -0.05) is 0 Å². The summed E-state index contributed by atoms with van der Waals surface area (Å²) in [6.07, 6.45) is 3.11. The average Bonchev–Trinajstić information content (AvgIpc) is 3.09. The van der Waals surface area contributed by atoms with Gasteiger partial charge in [-0.3, -0.25) is 9.69 Å². The number of carbonyl (C=O) groups excluding carboxylic acids is 2. The Bertz CT molecular complexity index is 418. The molecule has 0 aromatic carbocycles. The lowest BCUT2D eigenvalue weighted by Crippen LogP contribution is -2.50. The van der Waals surface area contributed by atoms with Crippen LogP contribution in [0, 0.1) is 5.92 Å². The monoisotopic (exact) mass is 267 g/mol. The number of carbonyl (C=O) groups is 2. The van der Waals surface area contributed by atoms with E-state index < -0.39 is 17.7 Å². The summed E-state index contributed by atoms with van der Waals surface area (Å²) < 4.78 is 5.30. The summed E-state index contributed by atoms with van der Waals surface area (Å²) in [7, 11) is 0. The Morgan fingerprint density at radius 2 is 2.11 bits per heavy atom. The number of amides is 1. The molecule has 0 aromatic heterocycles. The lowest BCUT2D eigenvalue weighted by Gasteiger charge is -2.36. The molecule has 1 atom stereocenters. The standard InChI is InChI=1S/C14H21NO4/c1-14(2,3)19-13(18)15-7-10(17)6-11(9-4-5-9)12(15)8-16/h6,9,12,16H,4-5,7-8H2,1-3H3/t12-/m1/s1. The van der Waals surface area contributed by atoms with Crippen molar-refractivity contribution in [3.63, 3.8) is 0 Å². The number of ether oxygens (including phenoxy) is 1. The van der Waals surface area contributed by atoms with Crippen molar-refractivity contribution in [2.75, 3.05) is 13.2 Å². The molecule has 0 bridgehead atoms. The zero-order valence-corrected chi connectivity index (χ0v) is 11.7. The highest BCUT2D eigenvalue weighted by atomic mass is 16.6. The van der Waals surface area contributed by atoms with Crippen molar-refractivity contribution in [3.05, 3.63) is 11.6 Å². The maximum absolute atomic E-state index is 12.1. The van der Waals surface area contributed by atoms with Gasteiger partial charge in [0.25, 0.3) is 0 Å². The molecule has 1 aliphatic heterocycles. The highest BCUT2D eigenvalue weighted by Gasteiger charge is 2.40. The summed E-state index contributed by atoms with van der Waals surface area (Å²) in [5, 5.41) is 9.54. The summed E-state index contributed by atoms with van der Waals surface area (Å²) in [5.74, 6) is 0.240. The molecular weight excluding hydrogens is 246 g/mol.